The number of nitrogens with two attached hydrogens (primary N) is 1. The van der Waals surface area contributed by atoms with Crippen molar-refractivity contribution in [1.29, 1.82) is 5.26 Å². The number of morpholine rings is 1. The molecule has 1 aromatic carbocycles. The third-order valence-electron chi connectivity index (χ3n) is 4.02. The number of aromatic nitrogens is 2. The molecule has 1 aliphatic heterocycles. The fourth-order valence-electron chi connectivity index (χ4n) is 2.81. The van der Waals surface area contributed by atoms with Gasteiger partial charge in [-0.3, -0.25) is 14.2 Å². The first kappa shape index (κ1) is 17.4. The third-order valence-corrected chi connectivity index (χ3v) is 4.02. The van der Waals surface area contributed by atoms with E-state index < -0.39 is 11.5 Å². The predicted octanol–water partition coefficient (Wildman–Crippen LogP) is -0.326. The number of rotatable bonds is 4. The first-order valence-corrected chi connectivity index (χ1v) is 7.97. The quantitative estimate of drug-likeness (QED) is 0.767. The number of phenols is 1. The number of nitrogens with zero attached hydrogens (tertiary/aromatic N) is 4. The van der Waals surface area contributed by atoms with Crippen LogP contribution in [0.2, 0.25) is 0 Å². The smallest absolute Gasteiger partial charge is 0.260 e. The Morgan fingerprint density at radius 3 is 2.77 bits per heavy atom. The molecule has 0 radical (unpaired) electrons. The van der Waals surface area contributed by atoms with E-state index in [1.807, 2.05) is 11.0 Å². The highest BCUT2D eigenvalue weighted by Gasteiger charge is 2.20. The summed E-state index contributed by atoms with van der Waals surface area (Å²) in [5.74, 6) is -0.511. The predicted molar refractivity (Wildman–Crippen MR) is 92.1 cm³/mol. The summed E-state index contributed by atoms with van der Waals surface area (Å²) >= 11 is 0. The zero-order chi connectivity index (χ0) is 18.7. The molecule has 0 spiro atoms. The van der Waals surface area contributed by atoms with Crippen LogP contribution in [0.25, 0.3) is 5.69 Å². The molecule has 9 heteroatoms. The van der Waals surface area contributed by atoms with Crippen molar-refractivity contribution in [2.45, 2.75) is 6.42 Å². The molecule has 2 heterocycles. The second-order valence-corrected chi connectivity index (χ2v) is 5.73. The highest BCUT2D eigenvalue weighted by molar-refractivity contribution is 5.76. The van der Waals surface area contributed by atoms with Gasteiger partial charge in [0.25, 0.3) is 5.56 Å². The Balaban J connectivity index is 2.17. The standard InChI is InChI=1S/C17H17N5O4/c18-10-11-2-1-3-12(17(11)25)22-15(8-13(19)23)20-14(9-16(22)24)21-4-6-26-7-5-21/h1-3,9,25H,4-8H2,(H2,19,23). The number of carbonyl (C=O) groups is 1. The number of primary amides is 1. The van der Waals surface area contributed by atoms with Crippen molar-refractivity contribution in [2.75, 3.05) is 31.2 Å². The van der Waals surface area contributed by atoms with Crippen LogP contribution in [0.4, 0.5) is 5.82 Å². The number of benzene rings is 1. The first-order chi connectivity index (χ1) is 12.5. The van der Waals surface area contributed by atoms with Gasteiger partial charge in [-0.1, -0.05) is 6.07 Å². The van der Waals surface area contributed by atoms with E-state index in [-0.39, 0.29) is 29.2 Å². The Bertz CT molecular complexity index is 941. The zero-order valence-corrected chi connectivity index (χ0v) is 13.9. The normalized spacial score (nSPS) is 14.0. The van der Waals surface area contributed by atoms with Gasteiger partial charge in [0.2, 0.25) is 5.91 Å². The molecule has 1 saturated heterocycles. The molecular formula is C17H17N5O4. The number of phenolic OH excluding ortho intramolecular Hbond substituents is 1. The van der Waals surface area contributed by atoms with Crippen LogP contribution in [0.1, 0.15) is 11.4 Å². The number of para-hydroxylation sites is 1. The lowest BCUT2D eigenvalue weighted by Crippen LogP contribution is -2.38. The van der Waals surface area contributed by atoms with Crippen LogP contribution in [-0.4, -0.2) is 46.9 Å². The van der Waals surface area contributed by atoms with E-state index in [1.54, 1.807) is 0 Å². The summed E-state index contributed by atoms with van der Waals surface area (Å²) in [5, 5.41) is 19.4. The Hall–Kier alpha value is -3.38. The van der Waals surface area contributed by atoms with Crippen molar-refractivity contribution in [3.63, 3.8) is 0 Å². The molecule has 26 heavy (non-hydrogen) atoms. The average molecular weight is 355 g/mol. The Morgan fingerprint density at radius 1 is 1.38 bits per heavy atom. The average Bonchev–Trinajstić information content (AvgIpc) is 2.62. The van der Waals surface area contributed by atoms with Gasteiger partial charge in [-0.2, -0.15) is 5.26 Å². The topological polar surface area (TPSA) is 134 Å². The maximum atomic E-state index is 12.8. The molecule has 1 fully saturated rings. The van der Waals surface area contributed by atoms with E-state index in [4.69, 9.17) is 15.7 Å². The van der Waals surface area contributed by atoms with Crippen molar-refractivity contribution >= 4 is 11.7 Å². The van der Waals surface area contributed by atoms with Gasteiger partial charge in [-0.25, -0.2) is 4.98 Å². The van der Waals surface area contributed by atoms with Crippen molar-refractivity contribution in [2.24, 2.45) is 5.73 Å². The summed E-state index contributed by atoms with van der Waals surface area (Å²) in [5.41, 5.74) is 4.90. The number of amides is 1. The number of aromatic hydroxyl groups is 1. The van der Waals surface area contributed by atoms with E-state index >= 15 is 0 Å². The maximum Gasteiger partial charge on any atom is 0.260 e. The molecule has 0 aliphatic carbocycles. The minimum atomic E-state index is -0.666. The molecule has 0 unspecified atom stereocenters. The number of ether oxygens (including phenoxy) is 1. The van der Waals surface area contributed by atoms with Crippen molar-refractivity contribution in [3.05, 3.63) is 46.0 Å². The van der Waals surface area contributed by atoms with Crippen LogP contribution in [0, 0.1) is 11.3 Å². The van der Waals surface area contributed by atoms with Crippen LogP contribution < -0.4 is 16.2 Å². The summed E-state index contributed by atoms with van der Waals surface area (Å²) in [4.78, 5) is 30.5. The lowest BCUT2D eigenvalue weighted by atomic mass is 10.1. The van der Waals surface area contributed by atoms with E-state index in [0.29, 0.717) is 32.1 Å². The summed E-state index contributed by atoms with van der Waals surface area (Å²) in [6.45, 7) is 2.17. The van der Waals surface area contributed by atoms with Gasteiger partial charge in [0.1, 0.15) is 17.7 Å². The maximum absolute atomic E-state index is 12.8. The van der Waals surface area contributed by atoms with Crippen molar-refractivity contribution in [1.82, 2.24) is 9.55 Å². The lowest BCUT2D eigenvalue weighted by Gasteiger charge is -2.28. The van der Waals surface area contributed by atoms with E-state index in [9.17, 15) is 14.7 Å². The van der Waals surface area contributed by atoms with Crippen molar-refractivity contribution < 1.29 is 14.6 Å². The fraction of sp³-hybridized carbons (Fsp3) is 0.294. The molecule has 1 amide bonds. The molecule has 0 bridgehead atoms. The summed E-state index contributed by atoms with van der Waals surface area (Å²) in [6, 6.07) is 7.60. The largest absolute Gasteiger partial charge is 0.504 e. The number of hydrogen-bond donors (Lipinski definition) is 2. The van der Waals surface area contributed by atoms with Gasteiger partial charge in [-0.15, -0.1) is 0 Å². The van der Waals surface area contributed by atoms with E-state index in [0.717, 1.165) is 4.57 Å². The van der Waals surface area contributed by atoms with Crippen LogP contribution in [0.15, 0.2) is 29.1 Å². The lowest BCUT2D eigenvalue weighted by molar-refractivity contribution is -0.117. The zero-order valence-electron chi connectivity index (χ0n) is 13.9. The van der Waals surface area contributed by atoms with E-state index in [2.05, 4.69) is 4.98 Å². The molecule has 1 aliphatic rings. The summed E-state index contributed by atoms with van der Waals surface area (Å²) in [7, 11) is 0. The number of hydrogen-bond acceptors (Lipinski definition) is 7. The molecular weight excluding hydrogens is 338 g/mol. The molecule has 0 saturated carbocycles. The second kappa shape index (κ2) is 7.25. The number of anilines is 1. The van der Waals surface area contributed by atoms with Gasteiger partial charge < -0.3 is 20.5 Å². The summed E-state index contributed by atoms with van der Waals surface area (Å²) < 4.78 is 6.39. The minimum absolute atomic E-state index is 0.0108. The van der Waals surface area contributed by atoms with Gasteiger partial charge in [-0.05, 0) is 12.1 Å². The first-order valence-electron chi connectivity index (χ1n) is 7.97. The molecule has 0 atom stereocenters. The van der Waals surface area contributed by atoms with Crippen LogP contribution in [-0.2, 0) is 16.0 Å². The molecule has 9 nitrogen and oxygen atoms in total. The molecule has 3 N–H and O–H groups in total. The molecule has 3 rings (SSSR count). The molecule has 134 valence electrons. The highest BCUT2D eigenvalue weighted by atomic mass is 16.5. The number of carbonyl (C=O) groups excluding carboxylic acids is 1. The minimum Gasteiger partial charge on any atom is -0.504 e. The second-order valence-electron chi connectivity index (χ2n) is 5.73. The third kappa shape index (κ3) is 3.36. The fourth-order valence-corrected chi connectivity index (χ4v) is 2.81. The van der Waals surface area contributed by atoms with Gasteiger partial charge in [0.15, 0.2) is 5.75 Å². The van der Waals surface area contributed by atoms with E-state index in [1.165, 1.54) is 24.3 Å². The van der Waals surface area contributed by atoms with Crippen LogP contribution >= 0.6 is 0 Å². The van der Waals surface area contributed by atoms with Gasteiger partial charge in [0, 0.05) is 19.2 Å². The Kier molecular flexibility index (Phi) is 4.86. The van der Waals surface area contributed by atoms with Crippen molar-refractivity contribution in [3.8, 4) is 17.5 Å². The van der Waals surface area contributed by atoms with Gasteiger partial charge in [0.05, 0.1) is 30.9 Å². The summed E-state index contributed by atoms with van der Waals surface area (Å²) in [6.07, 6.45) is -0.288. The molecule has 2 aromatic rings. The Labute approximate surface area is 148 Å². The highest BCUT2D eigenvalue weighted by Crippen LogP contribution is 2.26. The van der Waals surface area contributed by atoms with Gasteiger partial charge >= 0.3 is 0 Å². The van der Waals surface area contributed by atoms with Crippen LogP contribution in [0.5, 0.6) is 5.75 Å². The van der Waals surface area contributed by atoms with Crippen LogP contribution in [0.3, 0.4) is 0 Å². The Morgan fingerprint density at radius 2 is 2.12 bits per heavy atom. The number of nitriles is 1. The monoisotopic (exact) mass is 355 g/mol. The SMILES string of the molecule is N#Cc1cccc(-n2c(CC(N)=O)nc(N3CCOCC3)cc2=O)c1O. The molecule has 1 aromatic heterocycles.